The third-order valence-corrected chi connectivity index (χ3v) is 7.20. The minimum absolute atomic E-state index is 0.00916. The van der Waals surface area contributed by atoms with Gasteiger partial charge in [-0.3, -0.25) is 9.59 Å². The van der Waals surface area contributed by atoms with Crippen molar-refractivity contribution in [2.45, 2.75) is 37.0 Å². The van der Waals surface area contributed by atoms with Gasteiger partial charge in [0.2, 0.25) is 10.0 Å². The summed E-state index contributed by atoms with van der Waals surface area (Å²) in [5, 5.41) is 2.57. The van der Waals surface area contributed by atoms with Crippen LogP contribution in [0, 0.1) is 0 Å². The van der Waals surface area contributed by atoms with E-state index in [2.05, 4.69) is 5.32 Å². The first-order chi connectivity index (χ1) is 16.4. The van der Waals surface area contributed by atoms with Crippen molar-refractivity contribution in [3.63, 3.8) is 0 Å². The first-order valence-corrected chi connectivity index (χ1v) is 12.7. The molecule has 2 aromatic carbocycles. The predicted molar refractivity (Wildman–Crippen MR) is 126 cm³/mol. The second kappa shape index (κ2) is 12.4. The van der Waals surface area contributed by atoms with Crippen molar-refractivity contribution in [3.8, 4) is 11.5 Å². The van der Waals surface area contributed by atoms with Crippen LogP contribution >= 0.6 is 0 Å². The van der Waals surface area contributed by atoms with Crippen LogP contribution in [-0.4, -0.2) is 58.0 Å². The number of para-hydroxylation sites is 1. The second-order valence-electron chi connectivity index (χ2n) is 7.80. The standard InChI is InChI=1S/C24H30N2O7S/c1-31-21-13-12-19(17-22(21)34(29,30)26-14-6-3-7-15-26)25-23(27)18-33-24(28)11-8-16-32-20-9-4-2-5-10-20/h2,4-5,9-10,12-13,17H,3,6-8,11,14-16,18H2,1H3,(H,25,27). The first kappa shape index (κ1) is 25.5. The molecule has 3 rings (SSSR count). The van der Waals surface area contributed by atoms with Gasteiger partial charge in [-0.05, 0) is 49.6 Å². The molecule has 1 fully saturated rings. The number of carbonyl (C=O) groups excluding carboxylic acids is 2. The van der Waals surface area contributed by atoms with Crippen LogP contribution in [0.4, 0.5) is 5.69 Å². The topological polar surface area (TPSA) is 111 Å². The monoisotopic (exact) mass is 490 g/mol. The Hall–Kier alpha value is -3.11. The highest BCUT2D eigenvalue weighted by Crippen LogP contribution is 2.31. The van der Waals surface area contributed by atoms with Crippen molar-refractivity contribution in [2.24, 2.45) is 0 Å². The minimum Gasteiger partial charge on any atom is -0.495 e. The van der Waals surface area contributed by atoms with Crippen LogP contribution in [0.25, 0.3) is 0 Å². The van der Waals surface area contributed by atoms with E-state index in [9.17, 15) is 18.0 Å². The Morgan fingerprint density at radius 1 is 1.03 bits per heavy atom. The van der Waals surface area contributed by atoms with Gasteiger partial charge in [0, 0.05) is 25.2 Å². The lowest BCUT2D eigenvalue weighted by molar-refractivity contribution is -0.147. The van der Waals surface area contributed by atoms with Gasteiger partial charge in [0.15, 0.2) is 6.61 Å². The van der Waals surface area contributed by atoms with Gasteiger partial charge >= 0.3 is 5.97 Å². The molecule has 1 aliphatic rings. The molecule has 1 heterocycles. The molecule has 34 heavy (non-hydrogen) atoms. The third-order valence-electron chi connectivity index (χ3n) is 5.28. The summed E-state index contributed by atoms with van der Waals surface area (Å²) >= 11 is 0. The van der Waals surface area contributed by atoms with Crippen LogP contribution in [0.2, 0.25) is 0 Å². The summed E-state index contributed by atoms with van der Waals surface area (Å²) in [4.78, 5) is 24.1. The molecule has 2 aromatic rings. The molecule has 0 spiro atoms. The van der Waals surface area contributed by atoms with Crippen molar-refractivity contribution in [1.82, 2.24) is 4.31 Å². The number of piperidine rings is 1. The fraction of sp³-hybridized carbons (Fsp3) is 0.417. The largest absolute Gasteiger partial charge is 0.495 e. The summed E-state index contributed by atoms with van der Waals surface area (Å²) in [5.41, 5.74) is 0.272. The predicted octanol–water partition coefficient (Wildman–Crippen LogP) is 3.21. The van der Waals surface area contributed by atoms with E-state index in [1.165, 1.54) is 29.6 Å². The summed E-state index contributed by atoms with van der Waals surface area (Å²) in [6.07, 6.45) is 3.17. The Bertz CT molecular complexity index is 1070. The fourth-order valence-corrected chi connectivity index (χ4v) is 5.24. The van der Waals surface area contributed by atoms with Gasteiger partial charge in [-0.1, -0.05) is 24.6 Å². The lowest BCUT2D eigenvalue weighted by Gasteiger charge is -2.26. The van der Waals surface area contributed by atoms with E-state index < -0.39 is 28.5 Å². The van der Waals surface area contributed by atoms with Crippen LogP contribution in [0.15, 0.2) is 53.4 Å². The molecule has 0 saturated carbocycles. The molecule has 0 bridgehead atoms. The van der Waals surface area contributed by atoms with Gasteiger partial charge in [0.25, 0.3) is 5.91 Å². The van der Waals surface area contributed by atoms with E-state index in [4.69, 9.17) is 14.2 Å². The summed E-state index contributed by atoms with van der Waals surface area (Å²) in [7, 11) is -2.37. The normalized spacial score (nSPS) is 14.3. The highest BCUT2D eigenvalue weighted by molar-refractivity contribution is 7.89. The Balaban J connectivity index is 1.49. The molecule has 0 aliphatic carbocycles. The summed E-state index contributed by atoms with van der Waals surface area (Å²) < 4.78 is 43.4. The van der Waals surface area contributed by atoms with Crippen LogP contribution < -0.4 is 14.8 Å². The number of ether oxygens (including phenoxy) is 3. The molecular formula is C24H30N2O7S. The molecule has 0 atom stereocenters. The fourth-order valence-electron chi connectivity index (χ4n) is 3.54. The number of nitrogens with one attached hydrogen (secondary N) is 1. The number of sulfonamides is 1. The van der Waals surface area contributed by atoms with Gasteiger partial charge in [0.05, 0.1) is 13.7 Å². The second-order valence-corrected chi connectivity index (χ2v) is 9.71. The molecule has 0 unspecified atom stereocenters. The highest BCUT2D eigenvalue weighted by Gasteiger charge is 2.29. The Kier molecular flexibility index (Phi) is 9.29. The number of nitrogens with zero attached hydrogens (tertiary/aromatic N) is 1. The van der Waals surface area contributed by atoms with Crippen LogP contribution in [0.5, 0.6) is 11.5 Å². The highest BCUT2D eigenvalue weighted by atomic mass is 32.2. The summed E-state index contributed by atoms with van der Waals surface area (Å²) in [6, 6.07) is 13.6. The first-order valence-electron chi connectivity index (χ1n) is 11.2. The zero-order chi connectivity index (χ0) is 24.4. The van der Waals surface area contributed by atoms with E-state index in [1.54, 1.807) is 0 Å². The van der Waals surface area contributed by atoms with Gasteiger partial charge in [-0.25, -0.2) is 8.42 Å². The van der Waals surface area contributed by atoms with Gasteiger partial charge in [0.1, 0.15) is 16.4 Å². The van der Waals surface area contributed by atoms with Crippen molar-refractivity contribution >= 4 is 27.6 Å². The average molecular weight is 491 g/mol. The molecule has 10 heteroatoms. The van der Waals surface area contributed by atoms with Crippen LogP contribution in [-0.2, 0) is 24.3 Å². The van der Waals surface area contributed by atoms with E-state index in [0.717, 1.165) is 25.0 Å². The minimum atomic E-state index is -3.76. The molecular weight excluding hydrogens is 460 g/mol. The van der Waals surface area contributed by atoms with Crippen molar-refractivity contribution < 1.29 is 32.2 Å². The maximum Gasteiger partial charge on any atom is 0.306 e. The van der Waals surface area contributed by atoms with E-state index in [-0.39, 0.29) is 22.8 Å². The van der Waals surface area contributed by atoms with Gasteiger partial charge < -0.3 is 19.5 Å². The maximum absolute atomic E-state index is 13.1. The quantitative estimate of drug-likeness (QED) is 0.380. The number of benzene rings is 2. The molecule has 1 saturated heterocycles. The van der Waals surface area contributed by atoms with E-state index in [1.807, 2.05) is 30.3 Å². The molecule has 9 nitrogen and oxygen atoms in total. The summed E-state index contributed by atoms with van der Waals surface area (Å²) in [6.45, 7) is 0.785. The summed E-state index contributed by atoms with van der Waals surface area (Å²) in [5.74, 6) is -0.167. The van der Waals surface area contributed by atoms with Gasteiger partial charge in [-0.2, -0.15) is 4.31 Å². The molecule has 0 radical (unpaired) electrons. The molecule has 1 aliphatic heterocycles. The van der Waals surface area contributed by atoms with Crippen LogP contribution in [0.1, 0.15) is 32.1 Å². The third kappa shape index (κ3) is 7.19. The number of amides is 1. The van der Waals surface area contributed by atoms with Crippen molar-refractivity contribution in [1.29, 1.82) is 0 Å². The SMILES string of the molecule is COc1ccc(NC(=O)COC(=O)CCCOc2ccccc2)cc1S(=O)(=O)N1CCCCC1. The molecule has 0 aromatic heterocycles. The number of hydrogen-bond acceptors (Lipinski definition) is 7. The van der Waals surface area contributed by atoms with E-state index >= 15 is 0 Å². The number of hydrogen-bond donors (Lipinski definition) is 1. The Morgan fingerprint density at radius 2 is 1.76 bits per heavy atom. The van der Waals surface area contributed by atoms with Gasteiger partial charge in [-0.15, -0.1) is 0 Å². The molecule has 1 N–H and O–H groups in total. The van der Waals surface area contributed by atoms with Crippen molar-refractivity contribution in [3.05, 3.63) is 48.5 Å². The lowest BCUT2D eigenvalue weighted by Crippen LogP contribution is -2.35. The average Bonchev–Trinajstić information content (AvgIpc) is 2.86. The lowest BCUT2D eigenvalue weighted by atomic mass is 10.2. The van der Waals surface area contributed by atoms with Crippen LogP contribution in [0.3, 0.4) is 0 Å². The number of carbonyl (C=O) groups is 2. The zero-order valence-corrected chi connectivity index (χ0v) is 20.0. The smallest absolute Gasteiger partial charge is 0.306 e. The Labute approximate surface area is 200 Å². The van der Waals surface area contributed by atoms with Crippen molar-refractivity contribution in [2.75, 3.05) is 38.7 Å². The van der Waals surface area contributed by atoms with E-state index in [0.29, 0.717) is 26.1 Å². The number of methoxy groups -OCH3 is 1. The molecule has 184 valence electrons. The maximum atomic E-state index is 13.1. The molecule has 1 amide bonds. The zero-order valence-electron chi connectivity index (χ0n) is 19.2. The number of rotatable bonds is 11. The number of esters is 1. The number of anilines is 1. The Morgan fingerprint density at radius 3 is 2.47 bits per heavy atom.